The summed E-state index contributed by atoms with van der Waals surface area (Å²) in [6.07, 6.45) is 4.22. The van der Waals surface area contributed by atoms with Crippen LogP contribution in [0.1, 0.15) is 26.3 Å². The molecule has 1 heterocycles. The van der Waals surface area contributed by atoms with Gasteiger partial charge in [0.25, 0.3) is 0 Å². The smallest absolute Gasteiger partial charge is 0.173 e. The summed E-state index contributed by atoms with van der Waals surface area (Å²) in [7, 11) is 0. The molecule has 2 heteroatoms. The molecule has 18 heavy (non-hydrogen) atoms. The third-order valence-corrected chi connectivity index (χ3v) is 2.62. The molecule has 0 saturated carbocycles. The third kappa shape index (κ3) is 3.88. The normalized spacial score (nSPS) is 11.3. The lowest BCUT2D eigenvalue weighted by Gasteiger charge is -2.21. The Morgan fingerprint density at radius 3 is 2.11 bits per heavy atom. The van der Waals surface area contributed by atoms with E-state index in [-0.39, 0.29) is 5.54 Å². The van der Waals surface area contributed by atoms with Gasteiger partial charge in [-0.15, -0.1) is 0 Å². The summed E-state index contributed by atoms with van der Waals surface area (Å²) in [5, 5.41) is 3.46. The van der Waals surface area contributed by atoms with Crippen LogP contribution in [0.25, 0.3) is 0 Å². The zero-order chi connectivity index (χ0) is 13.0. The van der Waals surface area contributed by atoms with Crippen LogP contribution in [0, 0.1) is 0 Å². The SMILES string of the molecule is CC(C)(C)Nc1cc[n+](Cc2ccccc2)cc1. The first-order valence-electron chi connectivity index (χ1n) is 6.34. The van der Waals surface area contributed by atoms with Gasteiger partial charge in [-0.1, -0.05) is 30.3 Å². The van der Waals surface area contributed by atoms with Crippen molar-refractivity contribution < 1.29 is 4.57 Å². The average Bonchev–Trinajstić information content (AvgIpc) is 2.31. The minimum atomic E-state index is 0.103. The van der Waals surface area contributed by atoms with Gasteiger partial charge in [0.1, 0.15) is 0 Å². The van der Waals surface area contributed by atoms with Gasteiger partial charge in [0.2, 0.25) is 0 Å². The van der Waals surface area contributed by atoms with Gasteiger partial charge in [-0.25, -0.2) is 4.57 Å². The molecule has 0 amide bonds. The summed E-state index contributed by atoms with van der Waals surface area (Å²) in [6, 6.07) is 14.7. The molecule has 0 aliphatic rings. The number of hydrogen-bond acceptors (Lipinski definition) is 1. The Balaban J connectivity index is 2.04. The predicted octanol–water partition coefficient (Wildman–Crippen LogP) is 3.23. The maximum Gasteiger partial charge on any atom is 0.173 e. The molecule has 94 valence electrons. The topological polar surface area (TPSA) is 15.9 Å². The maximum absolute atomic E-state index is 3.46. The predicted molar refractivity (Wildman–Crippen MR) is 75.6 cm³/mol. The molecule has 2 nitrogen and oxygen atoms in total. The van der Waals surface area contributed by atoms with E-state index in [1.807, 2.05) is 6.07 Å². The number of rotatable bonds is 3. The van der Waals surface area contributed by atoms with Crippen molar-refractivity contribution in [3.63, 3.8) is 0 Å². The molecule has 0 atom stereocenters. The molecule has 1 aromatic heterocycles. The highest BCUT2D eigenvalue weighted by atomic mass is 15.0. The van der Waals surface area contributed by atoms with Gasteiger partial charge in [0.05, 0.1) is 0 Å². The molecule has 0 radical (unpaired) electrons. The molecule has 1 N–H and O–H groups in total. The summed E-state index contributed by atoms with van der Waals surface area (Å²) >= 11 is 0. The first kappa shape index (κ1) is 12.6. The lowest BCUT2D eigenvalue weighted by atomic mass is 10.1. The number of aromatic nitrogens is 1. The van der Waals surface area contributed by atoms with Crippen molar-refractivity contribution in [2.24, 2.45) is 0 Å². The van der Waals surface area contributed by atoms with Crippen LogP contribution in [0.4, 0.5) is 5.69 Å². The first-order chi connectivity index (χ1) is 8.53. The molecular formula is C16H21N2+. The van der Waals surface area contributed by atoms with Crippen molar-refractivity contribution in [1.82, 2.24) is 0 Å². The number of nitrogens with zero attached hydrogens (tertiary/aromatic N) is 1. The molecule has 0 saturated heterocycles. The second-order valence-corrected chi connectivity index (χ2v) is 5.62. The fourth-order valence-corrected chi connectivity index (χ4v) is 1.87. The van der Waals surface area contributed by atoms with Crippen molar-refractivity contribution in [2.75, 3.05) is 5.32 Å². The fraction of sp³-hybridized carbons (Fsp3) is 0.312. The van der Waals surface area contributed by atoms with E-state index in [1.54, 1.807) is 0 Å². The quantitative estimate of drug-likeness (QED) is 0.816. The van der Waals surface area contributed by atoms with Crippen molar-refractivity contribution >= 4 is 5.69 Å². The van der Waals surface area contributed by atoms with Gasteiger partial charge in [0.15, 0.2) is 18.9 Å². The van der Waals surface area contributed by atoms with Gasteiger partial charge in [-0.2, -0.15) is 0 Å². The van der Waals surface area contributed by atoms with Crippen molar-refractivity contribution in [3.8, 4) is 0 Å². The molecule has 2 rings (SSSR count). The first-order valence-corrected chi connectivity index (χ1v) is 6.34. The van der Waals surface area contributed by atoms with Crippen LogP contribution in [-0.2, 0) is 6.54 Å². The van der Waals surface area contributed by atoms with E-state index in [2.05, 4.69) is 79.4 Å². The van der Waals surface area contributed by atoms with E-state index in [9.17, 15) is 0 Å². The zero-order valence-corrected chi connectivity index (χ0v) is 11.4. The highest BCUT2D eigenvalue weighted by Gasteiger charge is 2.10. The second kappa shape index (κ2) is 5.21. The van der Waals surface area contributed by atoms with Crippen LogP contribution in [0.5, 0.6) is 0 Å². The molecule has 0 bridgehead atoms. The zero-order valence-electron chi connectivity index (χ0n) is 11.4. The largest absolute Gasteiger partial charge is 0.380 e. The van der Waals surface area contributed by atoms with Crippen LogP contribution in [0.15, 0.2) is 54.9 Å². The van der Waals surface area contributed by atoms with E-state index >= 15 is 0 Å². The third-order valence-electron chi connectivity index (χ3n) is 2.62. The van der Waals surface area contributed by atoms with Gasteiger partial charge in [-0.05, 0) is 20.8 Å². The Morgan fingerprint density at radius 1 is 0.944 bits per heavy atom. The van der Waals surface area contributed by atoms with E-state index < -0.39 is 0 Å². The number of benzene rings is 1. The van der Waals surface area contributed by atoms with Crippen LogP contribution in [-0.4, -0.2) is 5.54 Å². The molecule has 0 spiro atoms. The Kier molecular flexibility index (Phi) is 3.66. The van der Waals surface area contributed by atoms with Crippen LogP contribution in [0.3, 0.4) is 0 Å². The molecule has 0 aliphatic carbocycles. The average molecular weight is 241 g/mol. The van der Waals surface area contributed by atoms with E-state index in [0.29, 0.717) is 0 Å². The molecule has 0 unspecified atom stereocenters. The summed E-state index contributed by atoms with van der Waals surface area (Å²) in [5.41, 5.74) is 2.58. The van der Waals surface area contributed by atoms with Crippen LogP contribution < -0.4 is 9.88 Å². The molecule has 2 aromatic rings. The Hall–Kier alpha value is -1.83. The maximum atomic E-state index is 3.46. The molecule has 0 fully saturated rings. The molecule has 0 aliphatic heterocycles. The van der Waals surface area contributed by atoms with Crippen molar-refractivity contribution in [2.45, 2.75) is 32.9 Å². The summed E-state index contributed by atoms with van der Waals surface area (Å²) in [4.78, 5) is 0. The Morgan fingerprint density at radius 2 is 1.56 bits per heavy atom. The van der Waals surface area contributed by atoms with Crippen LogP contribution >= 0.6 is 0 Å². The lowest BCUT2D eigenvalue weighted by Crippen LogP contribution is -2.34. The number of nitrogens with one attached hydrogen (secondary N) is 1. The van der Waals surface area contributed by atoms with E-state index in [1.165, 1.54) is 5.56 Å². The number of pyridine rings is 1. The van der Waals surface area contributed by atoms with Crippen LogP contribution in [0.2, 0.25) is 0 Å². The highest BCUT2D eigenvalue weighted by molar-refractivity contribution is 5.42. The molecular weight excluding hydrogens is 220 g/mol. The molecule has 1 aromatic carbocycles. The minimum Gasteiger partial charge on any atom is -0.380 e. The van der Waals surface area contributed by atoms with E-state index in [0.717, 1.165) is 12.2 Å². The number of hydrogen-bond donors (Lipinski definition) is 1. The van der Waals surface area contributed by atoms with Gasteiger partial charge in [0, 0.05) is 28.9 Å². The van der Waals surface area contributed by atoms with Crippen molar-refractivity contribution in [3.05, 3.63) is 60.4 Å². The Bertz CT molecular complexity index is 481. The minimum absolute atomic E-state index is 0.103. The summed E-state index contributed by atoms with van der Waals surface area (Å²) < 4.78 is 2.18. The standard InChI is InChI=1S/C16H20N2/c1-16(2,3)17-15-9-11-18(12-10-15)13-14-7-5-4-6-8-14/h4-12H,13H2,1-3H3/p+1. The van der Waals surface area contributed by atoms with Gasteiger partial charge < -0.3 is 5.32 Å². The second-order valence-electron chi connectivity index (χ2n) is 5.62. The van der Waals surface area contributed by atoms with E-state index in [4.69, 9.17) is 0 Å². The lowest BCUT2D eigenvalue weighted by molar-refractivity contribution is -0.688. The monoisotopic (exact) mass is 241 g/mol. The van der Waals surface area contributed by atoms with Gasteiger partial charge in [-0.3, -0.25) is 0 Å². The summed E-state index contributed by atoms with van der Waals surface area (Å²) in [6.45, 7) is 7.41. The highest BCUT2D eigenvalue weighted by Crippen LogP contribution is 2.12. The summed E-state index contributed by atoms with van der Waals surface area (Å²) in [5.74, 6) is 0. The van der Waals surface area contributed by atoms with Crippen molar-refractivity contribution in [1.29, 1.82) is 0 Å². The van der Waals surface area contributed by atoms with Gasteiger partial charge >= 0.3 is 0 Å². The fourth-order valence-electron chi connectivity index (χ4n) is 1.87. The Labute approximate surface area is 109 Å². The number of anilines is 1.